The standard InChI is InChI=1S/C24H23N5O/c30-23(6-2-3-18-7-11-25-12-8-18)27-16-19-4-1-5-21(15-19)24-22(17-28-29-24)20-9-13-26-14-10-20/h1,4-5,7-15,17H,2-3,6,16H2,(H,27,30)(H,28,29). The van der Waals surface area contributed by atoms with E-state index in [0.717, 1.165) is 40.8 Å². The van der Waals surface area contributed by atoms with Crippen molar-refractivity contribution in [2.75, 3.05) is 0 Å². The summed E-state index contributed by atoms with van der Waals surface area (Å²) in [6.45, 7) is 0.501. The van der Waals surface area contributed by atoms with E-state index in [9.17, 15) is 4.79 Å². The van der Waals surface area contributed by atoms with E-state index in [-0.39, 0.29) is 5.91 Å². The number of aromatic amines is 1. The van der Waals surface area contributed by atoms with Crippen LogP contribution in [0.1, 0.15) is 24.0 Å². The fraction of sp³-hybridized carbons (Fsp3) is 0.167. The van der Waals surface area contributed by atoms with E-state index in [4.69, 9.17) is 0 Å². The summed E-state index contributed by atoms with van der Waals surface area (Å²) in [4.78, 5) is 20.3. The van der Waals surface area contributed by atoms with E-state index >= 15 is 0 Å². The second-order valence-corrected chi connectivity index (χ2v) is 7.08. The number of pyridine rings is 2. The van der Waals surface area contributed by atoms with Crippen molar-refractivity contribution in [3.05, 3.63) is 90.6 Å². The van der Waals surface area contributed by atoms with Gasteiger partial charge < -0.3 is 5.32 Å². The molecule has 4 aromatic rings. The molecule has 0 radical (unpaired) electrons. The first-order valence-electron chi connectivity index (χ1n) is 9.98. The van der Waals surface area contributed by atoms with Gasteiger partial charge in [0.05, 0.1) is 11.9 Å². The molecule has 0 bridgehead atoms. The van der Waals surface area contributed by atoms with E-state index in [1.807, 2.05) is 48.7 Å². The fourth-order valence-corrected chi connectivity index (χ4v) is 3.38. The fourth-order valence-electron chi connectivity index (χ4n) is 3.38. The van der Waals surface area contributed by atoms with Gasteiger partial charge in [0.15, 0.2) is 0 Å². The smallest absolute Gasteiger partial charge is 0.220 e. The molecule has 30 heavy (non-hydrogen) atoms. The van der Waals surface area contributed by atoms with Crippen LogP contribution in [0.5, 0.6) is 0 Å². The average Bonchev–Trinajstić information content (AvgIpc) is 3.29. The average molecular weight is 397 g/mol. The predicted octanol–water partition coefficient (Wildman–Crippen LogP) is 4.17. The normalized spacial score (nSPS) is 10.7. The summed E-state index contributed by atoms with van der Waals surface area (Å²) in [5.41, 5.74) is 6.31. The Morgan fingerprint density at radius 3 is 2.47 bits per heavy atom. The molecule has 0 fully saturated rings. The van der Waals surface area contributed by atoms with Gasteiger partial charge >= 0.3 is 0 Å². The molecule has 3 aromatic heterocycles. The number of hydrogen-bond donors (Lipinski definition) is 2. The van der Waals surface area contributed by atoms with Gasteiger partial charge in [-0.1, -0.05) is 18.2 Å². The third-order valence-electron chi connectivity index (χ3n) is 4.95. The zero-order valence-electron chi connectivity index (χ0n) is 16.6. The molecule has 3 heterocycles. The molecule has 6 nitrogen and oxygen atoms in total. The number of aromatic nitrogens is 4. The monoisotopic (exact) mass is 397 g/mol. The number of H-pyrrole nitrogens is 1. The molecule has 0 aliphatic carbocycles. The van der Waals surface area contributed by atoms with Crippen LogP contribution in [-0.4, -0.2) is 26.1 Å². The van der Waals surface area contributed by atoms with Crippen LogP contribution < -0.4 is 5.32 Å². The van der Waals surface area contributed by atoms with Crippen molar-refractivity contribution >= 4 is 5.91 Å². The van der Waals surface area contributed by atoms with Gasteiger partial charge in [0.25, 0.3) is 0 Å². The number of carbonyl (C=O) groups is 1. The van der Waals surface area contributed by atoms with Crippen molar-refractivity contribution in [2.24, 2.45) is 0 Å². The number of amides is 1. The molecule has 0 saturated carbocycles. The Labute approximate surface area is 175 Å². The number of hydrogen-bond acceptors (Lipinski definition) is 4. The lowest BCUT2D eigenvalue weighted by atomic mass is 10.0. The van der Waals surface area contributed by atoms with Gasteiger partial charge in [-0.15, -0.1) is 0 Å². The number of aryl methyl sites for hydroxylation is 1. The van der Waals surface area contributed by atoms with E-state index in [2.05, 4.69) is 31.5 Å². The van der Waals surface area contributed by atoms with Gasteiger partial charge in [-0.25, -0.2) is 0 Å². The highest BCUT2D eigenvalue weighted by molar-refractivity contribution is 5.80. The summed E-state index contributed by atoms with van der Waals surface area (Å²) in [7, 11) is 0. The zero-order chi connectivity index (χ0) is 20.6. The summed E-state index contributed by atoms with van der Waals surface area (Å²) in [6.07, 6.45) is 11.1. The molecule has 1 amide bonds. The van der Waals surface area contributed by atoms with Crippen LogP contribution in [-0.2, 0) is 17.8 Å². The molecule has 0 unspecified atom stereocenters. The topological polar surface area (TPSA) is 83.6 Å². The highest BCUT2D eigenvalue weighted by atomic mass is 16.1. The third kappa shape index (κ3) is 4.97. The first-order valence-corrected chi connectivity index (χ1v) is 9.98. The summed E-state index contributed by atoms with van der Waals surface area (Å²) < 4.78 is 0. The largest absolute Gasteiger partial charge is 0.352 e. The van der Waals surface area contributed by atoms with Gasteiger partial charge in [0.2, 0.25) is 5.91 Å². The van der Waals surface area contributed by atoms with Crippen molar-refractivity contribution in [2.45, 2.75) is 25.8 Å². The van der Waals surface area contributed by atoms with Crippen molar-refractivity contribution < 1.29 is 4.79 Å². The molecule has 0 aliphatic heterocycles. The van der Waals surface area contributed by atoms with Gasteiger partial charge in [-0.3, -0.25) is 19.9 Å². The first kappa shape index (κ1) is 19.5. The minimum absolute atomic E-state index is 0.0634. The molecule has 4 rings (SSSR count). The lowest BCUT2D eigenvalue weighted by Gasteiger charge is -2.08. The quantitative estimate of drug-likeness (QED) is 0.467. The van der Waals surface area contributed by atoms with Crippen LogP contribution in [0.3, 0.4) is 0 Å². The Morgan fingerprint density at radius 2 is 1.67 bits per heavy atom. The maximum atomic E-state index is 12.2. The van der Waals surface area contributed by atoms with Crippen molar-refractivity contribution in [1.82, 2.24) is 25.5 Å². The molecule has 0 aliphatic rings. The highest BCUT2D eigenvalue weighted by Gasteiger charge is 2.10. The Bertz CT molecular complexity index is 1090. The molecule has 2 N–H and O–H groups in total. The van der Waals surface area contributed by atoms with Crippen LogP contribution in [0.15, 0.2) is 79.5 Å². The van der Waals surface area contributed by atoms with Gasteiger partial charge in [-0.2, -0.15) is 5.10 Å². The van der Waals surface area contributed by atoms with E-state index < -0.39 is 0 Å². The minimum Gasteiger partial charge on any atom is -0.352 e. The number of benzene rings is 1. The van der Waals surface area contributed by atoms with Crippen LogP contribution in [0.2, 0.25) is 0 Å². The van der Waals surface area contributed by atoms with Crippen molar-refractivity contribution in [3.63, 3.8) is 0 Å². The molecule has 6 heteroatoms. The Hall–Kier alpha value is -3.80. The molecular formula is C24H23N5O. The van der Waals surface area contributed by atoms with E-state index in [1.165, 1.54) is 5.56 Å². The highest BCUT2D eigenvalue weighted by Crippen LogP contribution is 2.30. The van der Waals surface area contributed by atoms with E-state index in [0.29, 0.717) is 13.0 Å². The SMILES string of the molecule is O=C(CCCc1ccncc1)NCc1cccc(-c2[nH]ncc2-c2ccncc2)c1. The predicted molar refractivity (Wildman–Crippen MR) is 116 cm³/mol. The Kier molecular flexibility index (Phi) is 6.25. The lowest BCUT2D eigenvalue weighted by molar-refractivity contribution is -0.121. The van der Waals surface area contributed by atoms with Crippen LogP contribution >= 0.6 is 0 Å². The van der Waals surface area contributed by atoms with Crippen molar-refractivity contribution in [1.29, 1.82) is 0 Å². The van der Waals surface area contributed by atoms with Crippen LogP contribution in [0.4, 0.5) is 0 Å². The number of nitrogens with one attached hydrogen (secondary N) is 2. The molecular weight excluding hydrogens is 374 g/mol. The van der Waals surface area contributed by atoms with Gasteiger partial charge in [-0.05, 0) is 59.9 Å². The van der Waals surface area contributed by atoms with Gasteiger partial charge in [0, 0.05) is 48.9 Å². The molecule has 150 valence electrons. The maximum Gasteiger partial charge on any atom is 0.220 e. The maximum absolute atomic E-state index is 12.2. The number of rotatable bonds is 8. The Balaban J connectivity index is 1.35. The minimum atomic E-state index is 0.0634. The van der Waals surface area contributed by atoms with Crippen LogP contribution in [0, 0.1) is 0 Å². The number of carbonyl (C=O) groups excluding carboxylic acids is 1. The van der Waals surface area contributed by atoms with Crippen molar-refractivity contribution in [3.8, 4) is 22.4 Å². The zero-order valence-corrected chi connectivity index (χ0v) is 16.6. The molecule has 0 spiro atoms. The summed E-state index contributed by atoms with van der Waals surface area (Å²) >= 11 is 0. The molecule has 1 aromatic carbocycles. The summed E-state index contributed by atoms with van der Waals surface area (Å²) in [5, 5.41) is 10.3. The molecule has 0 saturated heterocycles. The second-order valence-electron chi connectivity index (χ2n) is 7.08. The second kappa shape index (κ2) is 9.60. The van der Waals surface area contributed by atoms with Gasteiger partial charge in [0.1, 0.15) is 0 Å². The van der Waals surface area contributed by atoms with E-state index in [1.54, 1.807) is 24.8 Å². The lowest BCUT2D eigenvalue weighted by Crippen LogP contribution is -2.22. The van der Waals surface area contributed by atoms with Crippen LogP contribution in [0.25, 0.3) is 22.4 Å². The Morgan fingerprint density at radius 1 is 0.900 bits per heavy atom. The summed E-state index contributed by atoms with van der Waals surface area (Å²) in [6, 6.07) is 16.0. The summed E-state index contributed by atoms with van der Waals surface area (Å²) in [5.74, 6) is 0.0634. The number of nitrogens with zero attached hydrogens (tertiary/aromatic N) is 3. The third-order valence-corrected chi connectivity index (χ3v) is 4.95. The first-order chi connectivity index (χ1) is 14.8. The molecule has 0 atom stereocenters.